The molecule has 1 fully saturated rings. The third-order valence-corrected chi connectivity index (χ3v) is 6.50. The van der Waals surface area contributed by atoms with Crippen molar-refractivity contribution in [3.05, 3.63) is 53.1 Å². The lowest BCUT2D eigenvalue weighted by atomic mass is 9.86. The maximum atomic E-state index is 14.5. The molecule has 0 radical (unpaired) electrons. The minimum absolute atomic E-state index is 0.00304. The molecule has 0 saturated carbocycles. The minimum atomic E-state index is -0.969. The maximum Gasteiger partial charge on any atom is 0.324 e. The summed E-state index contributed by atoms with van der Waals surface area (Å²) in [5, 5.41) is 16.9. The van der Waals surface area contributed by atoms with Crippen LogP contribution in [0.4, 0.5) is 15.9 Å². The number of ether oxygens (including phenoxy) is 1. The van der Waals surface area contributed by atoms with Crippen LogP contribution >= 0.6 is 11.6 Å². The summed E-state index contributed by atoms with van der Waals surface area (Å²) in [7, 11) is 3.37. The van der Waals surface area contributed by atoms with Gasteiger partial charge in [-0.05, 0) is 51.2 Å². The van der Waals surface area contributed by atoms with E-state index in [4.69, 9.17) is 16.3 Å². The van der Waals surface area contributed by atoms with Gasteiger partial charge in [-0.25, -0.2) is 14.4 Å². The molecule has 3 N–H and O–H groups in total. The zero-order valence-corrected chi connectivity index (χ0v) is 19.1. The van der Waals surface area contributed by atoms with Crippen LogP contribution in [0.5, 0.6) is 5.75 Å². The first-order valence-electron chi connectivity index (χ1n) is 10.5. The molecule has 8 nitrogen and oxygen atoms in total. The number of carbonyl (C=O) groups is 1. The van der Waals surface area contributed by atoms with E-state index in [1.54, 1.807) is 25.3 Å². The number of piperidine rings is 1. The number of likely N-dealkylation sites (N-methyl/N-ethyl adjacent to an activating group) is 1. The molecule has 4 rings (SSSR count). The SMILES string of the molecule is COc1cc2ncnc(Nc3cccc(Cl)c3F)c2cc1CN(C)C1(C(=O)O)CCNCC1. The van der Waals surface area contributed by atoms with Gasteiger partial charge in [-0.3, -0.25) is 9.69 Å². The van der Waals surface area contributed by atoms with Gasteiger partial charge in [0, 0.05) is 23.6 Å². The Bertz CT molecular complexity index is 1190. The van der Waals surface area contributed by atoms with Crippen LogP contribution in [0.15, 0.2) is 36.7 Å². The van der Waals surface area contributed by atoms with Crippen molar-refractivity contribution in [3.8, 4) is 5.75 Å². The van der Waals surface area contributed by atoms with Crippen molar-refractivity contribution in [2.75, 3.05) is 32.6 Å². The van der Waals surface area contributed by atoms with Crippen molar-refractivity contribution >= 4 is 40.0 Å². The largest absolute Gasteiger partial charge is 0.496 e. The Morgan fingerprint density at radius 3 is 2.79 bits per heavy atom. The second-order valence-corrected chi connectivity index (χ2v) is 8.48. The van der Waals surface area contributed by atoms with E-state index in [-0.39, 0.29) is 10.7 Å². The van der Waals surface area contributed by atoms with E-state index in [2.05, 4.69) is 20.6 Å². The van der Waals surface area contributed by atoms with Crippen LogP contribution in [0.3, 0.4) is 0 Å². The Kier molecular flexibility index (Phi) is 6.64. The van der Waals surface area contributed by atoms with Crippen molar-refractivity contribution in [1.29, 1.82) is 0 Å². The quantitative estimate of drug-likeness (QED) is 0.476. The highest BCUT2D eigenvalue weighted by Crippen LogP contribution is 2.34. The Morgan fingerprint density at radius 2 is 2.09 bits per heavy atom. The van der Waals surface area contributed by atoms with E-state index >= 15 is 0 Å². The number of methoxy groups -OCH3 is 1. The van der Waals surface area contributed by atoms with E-state index in [0.717, 1.165) is 5.56 Å². The molecule has 1 aliphatic heterocycles. The Morgan fingerprint density at radius 1 is 1.33 bits per heavy atom. The van der Waals surface area contributed by atoms with E-state index in [0.29, 0.717) is 54.9 Å². The van der Waals surface area contributed by atoms with Gasteiger partial charge in [0.05, 0.1) is 23.3 Å². The predicted molar refractivity (Wildman–Crippen MR) is 125 cm³/mol. The van der Waals surface area contributed by atoms with Gasteiger partial charge in [0.1, 0.15) is 23.4 Å². The molecule has 1 aromatic heterocycles. The summed E-state index contributed by atoms with van der Waals surface area (Å²) < 4.78 is 20.0. The second-order valence-electron chi connectivity index (χ2n) is 8.07. The van der Waals surface area contributed by atoms with E-state index < -0.39 is 17.3 Å². The lowest BCUT2D eigenvalue weighted by Gasteiger charge is -2.41. The lowest BCUT2D eigenvalue weighted by Crippen LogP contribution is -2.57. The molecule has 33 heavy (non-hydrogen) atoms. The molecule has 0 amide bonds. The standard InChI is InChI=1S/C23H25ClFN5O3/c1-30(23(22(31)32)6-8-26-9-7-23)12-14-10-15-18(11-19(14)33-2)27-13-28-21(15)29-17-5-3-4-16(24)20(17)25/h3-5,10-11,13,26H,6-9,12H2,1-2H3,(H,31,32)(H,27,28,29). The topological polar surface area (TPSA) is 99.6 Å². The van der Waals surface area contributed by atoms with Crippen molar-refractivity contribution in [3.63, 3.8) is 0 Å². The Labute approximate surface area is 195 Å². The molecule has 1 aliphatic rings. The molecular weight excluding hydrogens is 449 g/mol. The summed E-state index contributed by atoms with van der Waals surface area (Å²) >= 11 is 5.91. The number of fused-ring (bicyclic) bond motifs is 1. The minimum Gasteiger partial charge on any atom is -0.496 e. The van der Waals surface area contributed by atoms with E-state index in [1.807, 2.05) is 18.0 Å². The molecule has 0 spiro atoms. The van der Waals surface area contributed by atoms with Crippen LogP contribution < -0.4 is 15.4 Å². The summed E-state index contributed by atoms with van der Waals surface area (Å²) in [4.78, 5) is 22.7. The number of hydrogen-bond donors (Lipinski definition) is 3. The third-order valence-electron chi connectivity index (χ3n) is 6.21. The van der Waals surface area contributed by atoms with Gasteiger partial charge in [-0.2, -0.15) is 0 Å². The number of rotatable bonds is 7. The van der Waals surface area contributed by atoms with Gasteiger partial charge in [0.2, 0.25) is 0 Å². The number of aromatic nitrogens is 2. The highest BCUT2D eigenvalue weighted by Gasteiger charge is 2.43. The van der Waals surface area contributed by atoms with Crippen LogP contribution in [0.25, 0.3) is 10.9 Å². The number of aliphatic carboxylic acids is 1. The lowest BCUT2D eigenvalue weighted by molar-refractivity contribution is -0.153. The fraction of sp³-hybridized carbons (Fsp3) is 0.348. The number of carboxylic acids is 1. The van der Waals surface area contributed by atoms with Gasteiger partial charge in [0.25, 0.3) is 0 Å². The van der Waals surface area contributed by atoms with Gasteiger partial charge < -0.3 is 20.5 Å². The van der Waals surface area contributed by atoms with Crippen LogP contribution in [0, 0.1) is 5.82 Å². The van der Waals surface area contributed by atoms with Crippen molar-refractivity contribution in [2.45, 2.75) is 24.9 Å². The van der Waals surface area contributed by atoms with Crippen molar-refractivity contribution in [2.24, 2.45) is 0 Å². The van der Waals surface area contributed by atoms with Crippen LogP contribution in [-0.2, 0) is 11.3 Å². The van der Waals surface area contributed by atoms with Gasteiger partial charge in [0.15, 0.2) is 5.82 Å². The third kappa shape index (κ3) is 4.44. The van der Waals surface area contributed by atoms with Gasteiger partial charge in [-0.15, -0.1) is 0 Å². The molecule has 0 unspecified atom stereocenters. The number of benzene rings is 2. The average Bonchev–Trinajstić information content (AvgIpc) is 2.82. The fourth-order valence-corrected chi connectivity index (χ4v) is 4.45. The number of hydrogen-bond acceptors (Lipinski definition) is 7. The summed E-state index contributed by atoms with van der Waals surface area (Å²) in [6.45, 7) is 1.61. The molecule has 3 aromatic rings. The number of anilines is 2. The predicted octanol–water partition coefficient (Wildman–Crippen LogP) is 3.81. The van der Waals surface area contributed by atoms with Crippen LogP contribution in [-0.4, -0.2) is 58.7 Å². The molecule has 2 aromatic carbocycles. The Hall–Kier alpha value is -3.01. The number of halogens is 2. The molecular formula is C23H25ClFN5O3. The zero-order chi connectivity index (χ0) is 23.6. The van der Waals surface area contributed by atoms with Crippen molar-refractivity contribution < 1.29 is 19.0 Å². The molecule has 10 heteroatoms. The van der Waals surface area contributed by atoms with Gasteiger partial charge >= 0.3 is 5.97 Å². The summed E-state index contributed by atoms with van der Waals surface area (Å²) in [6.07, 6.45) is 2.38. The van der Waals surface area contributed by atoms with E-state index in [9.17, 15) is 14.3 Å². The smallest absolute Gasteiger partial charge is 0.324 e. The number of nitrogens with one attached hydrogen (secondary N) is 2. The number of nitrogens with zero attached hydrogens (tertiary/aromatic N) is 3. The summed E-state index contributed by atoms with van der Waals surface area (Å²) in [5.74, 6) is -0.424. The van der Waals surface area contributed by atoms with E-state index in [1.165, 1.54) is 12.4 Å². The highest BCUT2D eigenvalue weighted by atomic mass is 35.5. The average molecular weight is 474 g/mol. The monoisotopic (exact) mass is 473 g/mol. The summed E-state index contributed by atoms with van der Waals surface area (Å²) in [6, 6.07) is 8.31. The maximum absolute atomic E-state index is 14.5. The summed E-state index contributed by atoms with van der Waals surface area (Å²) in [5.41, 5.74) is 0.601. The first-order chi connectivity index (χ1) is 15.9. The van der Waals surface area contributed by atoms with Crippen molar-refractivity contribution in [1.82, 2.24) is 20.2 Å². The fourth-order valence-electron chi connectivity index (χ4n) is 4.28. The zero-order valence-electron chi connectivity index (χ0n) is 18.4. The van der Waals surface area contributed by atoms with Crippen LogP contribution in [0.2, 0.25) is 5.02 Å². The van der Waals surface area contributed by atoms with Crippen LogP contribution in [0.1, 0.15) is 18.4 Å². The second kappa shape index (κ2) is 9.46. The molecule has 0 bridgehead atoms. The molecule has 0 atom stereocenters. The Balaban J connectivity index is 1.73. The first-order valence-corrected chi connectivity index (χ1v) is 10.9. The van der Waals surface area contributed by atoms with Gasteiger partial charge in [-0.1, -0.05) is 17.7 Å². The molecule has 174 valence electrons. The molecule has 1 saturated heterocycles. The normalized spacial score (nSPS) is 15.5. The first kappa shape index (κ1) is 23.2. The molecule has 0 aliphatic carbocycles. The number of carboxylic acid groups (broad SMARTS) is 1. The highest BCUT2D eigenvalue weighted by molar-refractivity contribution is 6.31. The molecule has 2 heterocycles.